The van der Waals surface area contributed by atoms with Crippen molar-refractivity contribution < 1.29 is 19.4 Å². The maximum atomic E-state index is 9.69. The van der Waals surface area contributed by atoms with Gasteiger partial charge < -0.3 is 21.0 Å². The second-order valence-electron chi connectivity index (χ2n) is 1.31. The lowest BCUT2D eigenvalue weighted by molar-refractivity contribution is -0.161. The first-order valence-corrected chi connectivity index (χ1v) is 2.93. The van der Waals surface area contributed by atoms with Crippen LogP contribution in [0.15, 0.2) is 0 Å². The van der Waals surface area contributed by atoms with Gasteiger partial charge in [-0.25, -0.2) is 15.4 Å². The van der Waals surface area contributed by atoms with Gasteiger partial charge in [0.2, 0.25) is 0 Å². The van der Waals surface area contributed by atoms with Gasteiger partial charge in [-0.3, -0.25) is 0 Å². The molecule has 0 bridgehead atoms. The fraction of sp³-hybridized carbons (Fsp3) is 0.250. The zero-order valence-electron chi connectivity index (χ0n) is 6.23. The van der Waals surface area contributed by atoms with Gasteiger partial charge in [0.25, 0.3) is 0 Å². The molecule has 0 radical (unpaired) electrons. The van der Waals surface area contributed by atoms with Crippen molar-refractivity contribution in [3.05, 3.63) is 0 Å². The van der Waals surface area contributed by atoms with E-state index in [0.717, 1.165) is 7.11 Å². The van der Waals surface area contributed by atoms with Crippen molar-refractivity contribution >= 4 is 29.3 Å². The number of carbonyl (C=O) groups is 2. The summed E-state index contributed by atoms with van der Waals surface area (Å²) < 4.78 is 3.77. The van der Waals surface area contributed by atoms with Crippen LogP contribution in [-0.2, 0) is 14.3 Å². The van der Waals surface area contributed by atoms with Gasteiger partial charge in [0.05, 0.1) is 7.11 Å². The van der Waals surface area contributed by atoms with E-state index in [0.29, 0.717) is 0 Å². The lowest BCUT2D eigenvalue weighted by Crippen LogP contribution is -2.34. The minimum Gasteiger partial charge on any atom is -0.473 e. The lowest BCUT2D eigenvalue weighted by atomic mass is 10.7. The van der Waals surface area contributed by atoms with Crippen LogP contribution in [0.4, 0.5) is 0 Å². The summed E-state index contributed by atoms with van der Waals surface area (Å²) in [6, 6.07) is 0. The van der Waals surface area contributed by atoms with Crippen LogP contribution in [0.25, 0.3) is 0 Å². The van der Waals surface area contributed by atoms with Crippen LogP contribution in [0.2, 0.25) is 0 Å². The second-order valence-corrected chi connectivity index (χ2v) is 1.75. The summed E-state index contributed by atoms with van der Waals surface area (Å²) >= 11 is 4.24. The van der Waals surface area contributed by atoms with Gasteiger partial charge >= 0.3 is 11.9 Å². The van der Waals surface area contributed by atoms with Gasteiger partial charge in [0, 0.05) is 0 Å². The number of aliphatic carboxylic acids is 1. The number of carboxylic acids is 1. The Balaban J connectivity index is 0. The average molecular weight is 195 g/mol. The number of nitrogens with two attached hydrogens (primary N) is 2. The van der Waals surface area contributed by atoms with Gasteiger partial charge in [-0.05, 0) is 12.2 Å². The Labute approximate surface area is 73.6 Å². The molecule has 0 fully saturated rings. The first-order chi connectivity index (χ1) is 5.45. The van der Waals surface area contributed by atoms with Gasteiger partial charge in [0.15, 0.2) is 5.11 Å². The first-order valence-electron chi connectivity index (χ1n) is 2.53. The summed E-state index contributed by atoms with van der Waals surface area (Å²) in [4.78, 5) is 19.1. The third-order valence-corrected chi connectivity index (χ3v) is 0.620. The van der Waals surface area contributed by atoms with E-state index in [1.54, 1.807) is 0 Å². The van der Waals surface area contributed by atoms with Crippen molar-refractivity contribution in [3.8, 4) is 0 Å². The molecule has 0 amide bonds. The van der Waals surface area contributed by atoms with E-state index in [2.05, 4.69) is 22.8 Å². The molecule has 0 atom stereocenters. The number of rotatable bonds is 0. The molecule has 0 spiro atoms. The number of esters is 1. The van der Waals surface area contributed by atoms with E-state index in [1.807, 2.05) is 5.43 Å². The summed E-state index contributed by atoms with van der Waals surface area (Å²) in [5, 5.41) is 7.82. The largest absolute Gasteiger partial charge is 0.473 e. The van der Waals surface area contributed by atoms with Crippen molar-refractivity contribution in [3.63, 3.8) is 0 Å². The molecular weight excluding hydrogens is 186 g/mol. The Morgan fingerprint density at radius 2 is 1.92 bits per heavy atom. The number of methoxy groups -OCH3 is 1. The number of hydrogen-bond donors (Lipinski definition) is 4. The predicted molar refractivity (Wildman–Crippen MR) is 43.8 cm³/mol. The molecule has 0 aliphatic rings. The van der Waals surface area contributed by atoms with Crippen LogP contribution in [0.5, 0.6) is 0 Å². The SMILES string of the molecule is COC(=O)C(=O)O.NNC(N)=S. The fourth-order valence-electron chi connectivity index (χ4n) is 0.0873. The zero-order chi connectivity index (χ0) is 10.1. The van der Waals surface area contributed by atoms with Crippen molar-refractivity contribution in [1.29, 1.82) is 0 Å². The highest BCUT2D eigenvalue weighted by Gasteiger charge is 2.08. The molecule has 0 saturated carbocycles. The quantitative estimate of drug-likeness (QED) is 0.114. The molecule has 12 heavy (non-hydrogen) atoms. The van der Waals surface area contributed by atoms with E-state index in [-0.39, 0.29) is 5.11 Å². The molecule has 70 valence electrons. The average Bonchev–Trinajstić information content (AvgIpc) is 2.04. The van der Waals surface area contributed by atoms with Gasteiger partial charge in [-0.15, -0.1) is 0 Å². The van der Waals surface area contributed by atoms with Crippen molar-refractivity contribution in [1.82, 2.24) is 5.43 Å². The highest BCUT2D eigenvalue weighted by atomic mass is 32.1. The highest BCUT2D eigenvalue weighted by molar-refractivity contribution is 7.80. The lowest BCUT2D eigenvalue weighted by Gasteiger charge is -1.85. The number of nitrogens with one attached hydrogen (secondary N) is 1. The van der Waals surface area contributed by atoms with Crippen LogP contribution < -0.4 is 17.0 Å². The van der Waals surface area contributed by atoms with E-state index < -0.39 is 11.9 Å². The second kappa shape index (κ2) is 7.69. The summed E-state index contributed by atoms with van der Waals surface area (Å²) in [5.74, 6) is 1.85. The number of hydrazine groups is 1. The smallest absolute Gasteiger partial charge is 0.417 e. The molecule has 6 N–H and O–H groups in total. The summed E-state index contributed by atoms with van der Waals surface area (Å²) in [5.41, 5.74) is 6.82. The summed E-state index contributed by atoms with van der Waals surface area (Å²) in [7, 11) is 1.01. The fourth-order valence-corrected chi connectivity index (χ4v) is 0.0873. The van der Waals surface area contributed by atoms with Crippen LogP contribution in [-0.4, -0.2) is 29.3 Å². The predicted octanol–water partition coefficient (Wildman–Crippen LogP) is -2.06. The number of thiocarbonyl (C=S) groups is 1. The summed E-state index contributed by atoms with van der Waals surface area (Å²) in [6.07, 6.45) is 0. The van der Waals surface area contributed by atoms with E-state index in [1.165, 1.54) is 0 Å². The van der Waals surface area contributed by atoms with Crippen molar-refractivity contribution in [2.75, 3.05) is 7.11 Å². The molecule has 0 rings (SSSR count). The van der Waals surface area contributed by atoms with Crippen LogP contribution in [0.3, 0.4) is 0 Å². The van der Waals surface area contributed by atoms with E-state index in [4.69, 9.17) is 10.8 Å². The van der Waals surface area contributed by atoms with Crippen LogP contribution in [0, 0.1) is 0 Å². The Morgan fingerprint density at radius 3 is 1.92 bits per heavy atom. The maximum absolute atomic E-state index is 9.69. The number of carbonyl (C=O) groups excluding carboxylic acids is 1. The maximum Gasteiger partial charge on any atom is 0.417 e. The Morgan fingerprint density at radius 1 is 1.58 bits per heavy atom. The number of hydrogen-bond acceptors (Lipinski definition) is 5. The third-order valence-electron chi connectivity index (χ3n) is 0.502. The molecule has 0 heterocycles. The normalized spacial score (nSPS) is 7.17. The molecule has 0 unspecified atom stereocenters. The van der Waals surface area contributed by atoms with Gasteiger partial charge in [-0.2, -0.15) is 0 Å². The first kappa shape index (κ1) is 13.2. The van der Waals surface area contributed by atoms with E-state index in [9.17, 15) is 9.59 Å². The molecule has 0 aliphatic carbocycles. The van der Waals surface area contributed by atoms with E-state index >= 15 is 0 Å². The molecule has 0 aromatic rings. The standard InChI is InChI=1S/C3H4O4.CH5N3S/c1-7-3(6)2(4)5;2-1(5)4-3/h1H3,(H,4,5);3H2,(H3,2,4,5). The molecular formula is C4H9N3O4S. The summed E-state index contributed by atoms with van der Waals surface area (Å²) in [6.45, 7) is 0. The van der Waals surface area contributed by atoms with Crippen molar-refractivity contribution in [2.24, 2.45) is 11.6 Å². The monoisotopic (exact) mass is 195 g/mol. The Hall–Kier alpha value is -1.41. The molecule has 0 aromatic heterocycles. The van der Waals surface area contributed by atoms with Crippen molar-refractivity contribution in [2.45, 2.75) is 0 Å². The minimum absolute atomic E-state index is 0.116. The van der Waals surface area contributed by atoms with Crippen LogP contribution in [0.1, 0.15) is 0 Å². The molecule has 0 saturated heterocycles. The highest BCUT2D eigenvalue weighted by Crippen LogP contribution is 1.68. The number of ether oxygens (including phenoxy) is 1. The topological polar surface area (TPSA) is 128 Å². The molecule has 0 aromatic carbocycles. The van der Waals surface area contributed by atoms with Gasteiger partial charge in [-0.1, -0.05) is 0 Å². The molecule has 0 aliphatic heterocycles. The van der Waals surface area contributed by atoms with Crippen LogP contribution >= 0.6 is 12.2 Å². The zero-order valence-corrected chi connectivity index (χ0v) is 7.05. The third kappa shape index (κ3) is 11.4. The number of carboxylic acid groups (broad SMARTS) is 1. The molecule has 7 nitrogen and oxygen atoms in total. The van der Waals surface area contributed by atoms with Gasteiger partial charge in [0.1, 0.15) is 0 Å². The Bertz CT molecular complexity index is 183. The minimum atomic E-state index is -1.57. The molecule has 8 heteroatoms. The Kier molecular flexibility index (Phi) is 8.46.